The van der Waals surface area contributed by atoms with Crippen molar-refractivity contribution in [2.24, 2.45) is 5.10 Å². The molecule has 2 aromatic rings. The van der Waals surface area contributed by atoms with Crippen molar-refractivity contribution in [2.45, 2.75) is 25.8 Å². The Kier molecular flexibility index (Phi) is 3.56. The number of hydrogen-bond acceptors (Lipinski definition) is 4. The number of aromatic nitrogens is 1. The average Bonchev–Trinajstić information content (AvgIpc) is 2.65. The van der Waals surface area contributed by atoms with Crippen LogP contribution in [0.15, 0.2) is 47.7 Å². The largest absolute Gasteiger partial charge is 0.399 e. The summed E-state index contributed by atoms with van der Waals surface area (Å²) in [5, 5.41) is 4.70. The Bertz CT molecular complexity index is 669. The van der Waals surface area contributed by atoms with Gasteiger partial charge in [0.15, 0.2) is 0 Å². The Hall–Kier alpha value is -2.43. The van der Waals surface area contributed by atoms with Gasteiger partial charge in [0.1, 0.15) is 5.71 Å². The van der Waals surface area contributed by atoms with E-state index in [1.54, 1.807) is 6.20 Å². The maximum Gasteiger partial charge on any atom is 0.119 e. The number of nitrogen functional groups attached to an aromatic ring is 1. The highest BCUT2D eigenvalue weighted by Crippen LogP contribution is 2.26. The first kappa shape index (κ1) is 13.5. The Labute approximate surface area is 123 Å². The molecular weight excluding hydrogens is 267 g/mol. The lowest BCUT2D eigenvalue weighted by atomic mass is 9.95. The second kappa shape index (κ2) is 5.52. The topological polar surface area (TPSA) is 54.5 Å². The molecule has 0 spiro atoms. The van der Waals surface area contributed by atoms with E-state index in [0.717, 1.165) is 11.1 Å². The molecule has 3 rings (SSSR count). The molecule has 1 aromatic heterocycles. The predicted molar refractivity (Wildman–Crippen MR) is 81.5 cm³/mol. The van der Waals surface area contributed by atoms with Gasteiger partial charge in [-0.2, -0.15) is 0 Å². The first-order valence-electron chi connectivity index (χ1n) is 7.03. The van der Waals surface area contributed by atoms with Gasteiger partial charge in [0.05, 0.1) is 11.7 Å². The van der Waals surface area contributed by atoms with Crippen LogP contribution in [0.4, 0.5) is 10.2 Å². The predicted octanol–water partition coefficient (Wildman–Crippen LogP) is 2.94. The molecule has 0 fully saturated rings. The number of pyridine rings is 1. The fraction of sp³-hybridized carbons (Fsp3) is 0.250. The van der Waals surface area contributed by atoms with Crippen LogP contribution in [0, 0.1) is 0 Å². The molecule has 1 aromatic carbocycles. The van der Waals surface area contributed by atoms with Crippen molar-refractivity contribution in [1.82, 2.24) is 10.2 Å². The lowest BCUT2D eigenvalue weighted by molar-refractivity contribution is -0.0198. The molecule has 0 radical (unpaired) electrons. The molecule has 2 N–H and O–H groups in total. The van der Waals surface area contributed by atoms with Crippen LogP contribution in [0.2, 0.25) is 0 Å². The molecule has 1 unspecified atom stereocenters. The summed E-state index contributed by atoms with van der Waals surface area (Å²) >= 11 is 0. The van der Waals surface area contributed by atoms with Crippen molar-refractivity contribution in [1.29, 1.82) is 0 Å². The van der Waals surface area contributed by atoms with Crippen LogP contribution in [0.5, 0.6) is 0 Å². The minimum absolute atomic E-state index is 0.270. The smallest absolute Gasteiger partial charge is 0.119 e. The highest BCUT2D eigenvalue weighted by atomic mass is 19.2. The number of rotatable bonds is 2. The van der Waals surface area contributed by atoms with Gasteiger partial charge < -0.3 is 5.73 Å². The van der Waals surface area contributed by atoms with Crippen LogP contribution in [-0.2, 0) is 6.42 Å². The maximum absolute atomic E-state index is 14.3. The molecule has 1 aliphatic heterocycles. The maximum atomic E-state index is 14.3. The Morgan fingerprint density at radius 2 is 2.19 bits per heavy atom. The number of nitrogens with two attached hydrogens (primary N) is 1. The fourth-order valence-electron chi connectivity index (χ4n) is 2.54. The summed E-state index contributed by atoms with van der Waals surface area (Å²) in [5.41, 5.74) is 9.59. The van der Waals surface area contributed by atoms with Crippen molar-refractivity contribution in [3.05, 3.63) is 59.4 Å². The molecule has 0 saturated heterocycles. The molecule has 1 atom stereocenters. The van der Waals surface area contributed by atoms with Gasteiger partial charge >= 0.3 is 0 Å². The van der Waals surface area contributed by atoms with Gasteiger partial charge in [0.2, 0.25) is 0 Å². The third-order valence-corrected chi connectivity index (χ3v) is 3.72. The van der Waals surface area contributed by atoms with E-state index < -0.39 is 0 Å². The molecule has 108 valence electrons. The van der Waals surface area contributed by atoms with Gasteiger partial charge in [-0.3, -0.25) is 4.98 Å². The SMILES string of the molecule is CCC1Cc2ccc(N)cc2C(c2ccccn2)=NN1F. The molecule has 0 bridgehead atoms. The van der Waals surface area contributed by atoms with E-state index in [1.807, 2.05) is 43.3 Å². The van der Waals surface area contributed by atoms with Crippen molar-refractivity contribution < 1.29 is 4.48 Å². The Balaban J connectivity index is 2.19. The number of benzene rings is 1. The quantitative estimate of drug-likeness (QED) is 0.681. The number of anilines is 1. The number of halogens is 1. The van der Waals surface area contributed by atoms with E-state index in [4.69, 9.17) is 5.73 Å². The highest BCUT2D eigenvalue weighted by molar-refractivity contribution is 6.13. The standard InChI is InChI=1S/C16H17FN4/c1-2-13-9-11-6-7-12(18)10-14(11)16(20-21(13)17)15-5-3-4-8-19-15/h3-8,10,13H,2,9,18H2,1H3. The number of fused-ring (bicyclic) bond motifs is 1. The second-order valence-corrected chi connectivity index (χ2v) is 5.14. The molecule has 0 aliphatic carbocycles. The average molecular weight is 284 g/mol. The van der Waals surface area contributed by atoms with Crippen molar-refractivity contribution in [3.63, 3.8) is 0 Å². The van der Waals surface area contributed by atoms with Crippen LogP contribution < -0.4 is 5.73 Å². The molecule has 0 amide bonds. The van der Waals surface area contributed by atoms with Crippen molar-refractivity contribution >= 4 is 11.4 Å². The monoisotopic (exact) mass is 284 g/mol. The van der Waals surface area contributed by atoms with Crippen molar-refractivity contribution in [3.8, 4) is 0 Å². The Morgan fingerprint density at radius 1 is 1.33 bits per heavy atom. The minimum atomic E-state index is -0.270. The number of hydrogen-bond donors (Lipinski definition) is 1. The first-order chi connectivity index (χ1) is 10.2. The molecular formula is C16H17FN4. The summed E-state index contributed by atoms with van der Waals surface area (Å²) in [5.74, 6) is 0. The second-order valence-electron chi connectivity index (χ2n) is 5.14. The molecule has 2 heterocycles. The summed E-state index contributed by atoms with van der Waals surface area (Å²) in [7, 11) is 0. The minimum Gasteiger partial charge on any atom is -0.399 e. The van der Waals surface area contributed by atoms with Crippen LogP contribution in [0.25, 0.3) is 0 Å². The van der Waals surface area contributed by atoms with Gasteiger partial charge in [0.25, 0.3) is 0 Å². The zero-order valence-electron chi connectivity index (χ0n) is 11.8. The molecule has 5 heteroatoms. The third kappa shape index (κ3) is 2.59. The van der Waals surface area contributed by atoms with E-state index in [1.165, 1.54) is 0 Å². The summed E-state index contributed by atoms with van der Waals surface area (Å²) in [4.78, 5) is 4.29. The highest BCUT2D eigenvalue weighted by Gasteiger charge is 2.25. The summed E-state index contributed by atoms with van der Waals surface area (Å²) in [6.07, 6.45) is 2.95. The van der Waals surface area contributed by atoms with Gasteiger partial charge in [-0.05, 0) is 42.7 Å². The lowest BCUT2D eigenvalue weighted by Crippen LogP contribution is -2.24. The van der Waals surface area contributed by atoms with Crippen LogP contribution in [0.1, 0.15) is 30.2 Å². The Morgan fingerprint density at radius 3 is 2.90 bits per heavy atom. The van der Waals surface area contributed by atoms with E-state index in [-0.39, 0.29) is 6.04 Å². The summed E-state index contributed by atoms with van der Waals surface area (Å²) < 4.78 is 14.3. The fourth-order valence-corrected chi connectivity index (χ4v) is 2.54. The molecule has 4 nitrogen and oxygen atoms in total. The van der Waals surface area contributed by atoms with E-state index in [9.17, 15) is 4.48 Å². The van der Waals surface area contributed by atoms with Gasteiger partial charge in [-0.1, -0.05) is 23.5 Å². The first-order valence-corrected chi connectivity index (χ1v) is 7.03. The zero-order chi connectivity index (χ0) is 14.8. The van der Waals surface area contributed by atoms with Crippen LogP contribution in [0.3, 0.4) is 0 Å². The van der Waals surface area contributed by atoms with E-state index >= 15 is 0 Å². The van der Waals surface area contributed by atoms with Gasteiger partial charge in [0, 0.05) is 17.4 Å². The zero-order valence-corrected chi connectivity index (χ0v) is 11.8. The summed E-state index contributed by atoms with van der Waals surface area (Å²) in [6.45, 7) is 1.95. The number of nitrogens with zero attached hydrogens (tertiary/aromatic N) is 3. The molecule has 1 aliphatic rings. The van der Waals surface area contributed by atoms with Crippen LogP contribution >= 0.6 is 0 Å². The molecule has 0 saturated carbocycles. The summed E-state index contributed by atoms with van der Waals surface area (Å²) in [6, 6.07) is 10.9. The molecule has 21 heavy (non-hydrogen) atoms. The normalized spacial score (nSPS) is 17.9. The third-order valence-electron chi connectivity index (χ3n) is 3.72. The van der Waals surface area contributed by atoms with Crippen LogP contribution in [-0.4, -0.2) is 22.0 Å². The lowest BCUT2D eigenvalue weighted by Gasteiger charge is -2.17. The van der Waals surface area contributed by atoms with Crippen molar-refractivity contribution in [2.75, 3.05) is 5.73 Å². The van der Waals surface area contributed by atoms with E-state index in [2.05, 4.69) is 10.1 Å². The van der Waals surface area contributed by atoms with E-state index in [0.29, 0.717) is 35.2 Å². The van der Waals surface area contributed by atoms with Gasteiger partial charge in [-0.25, -0.2) is 0 Å². The van der Waals surface area contributed by atoms with Gasteiger partial charge in [-0.15, -0.1) is 10.3 Å². The number of hydrazone groups is 1.